The molecule has 0 saturated carbocycles. The number of fused-ring (bicyclic) bond motifs is 3. The predicted molar refractivity (Wildman–Crippen MR) is 176 cm³/mol. The van der Waals surface area contributed by atoms with Gasteiger partial charge in [0.25, 0.3) is 0 Å². The number of carbonyl (C=O) groups excluding carboxylic acids is 1. The third-order valence-corrected chi connectivity index (χ3v) is 8.93. The largest absolute Gasteiger partial charge is 0.508 e. The Balaban J connectivity index is 1.44. The Morgan fingerprint density at radius 1 is 0.615 bits per heavy atom. The second-order valence-corrected chi connectivity index (χ2v) is 12.4. The minimum atomic E-state index is -1.50. The molecule has 16 nitrogen and oxygen atoms in total. The molecule has 2 aliphatic heterocycles. The molecule has 11 N–H and O–H groups in total. The number of esters is 1. The summed E-state index contributed by atoms with van der Waals surface area (Å²) in [5, 5.41) is 115. The van der Waals surface area contributed by atoms with Gasteiger partial charge in [-0.25, -0.2) is 4.79 Å². The van der Waals surface area contributed by atoms with Crippen LogP contribution >= 0.6 is 0 Å². The third kappa shape index (κ3) is 5.61. The number of aromatic hydroxyl groups is 9. The number of aliphatic hydroxyl groups excluding tert-OH is 2. The van der Waals surface area contributed by atoms with Crippen molar-refractivity contribution < 1.29 is 75.2 Å². The van der Waals surface area contributed by atoms with Crippen LogP contribution in [0.2, 0.25) is 0 Å². The van der Waals surface area contributed by atoms with Crippen molar-refractivity contribution in [3.8, 4) is 69.0 Å². The molecule has 0 aromatic heterocycles. The van der Waals surface area contributed by atoms with E-state index >= 15 is 0 Å². The summed E-state index contributed by atoms with van der Waals surface area (Å²) < 4.78 is 17.3. The smallest absolute Gasteiger partial charge is 0.343 e. The first-order valence-corrected chi connectivity index (χ1v) is 15.4. The van der Waals surface area contributed by atoms with Crippen LogP contribution in [0, 0.1) is 0 Å². The first-order valence-electron chi connectivity index (χ1n) is 15.4. The summed E-state index contributed by atoms with van der Waals surface area (Å²) in [5.74, 6) is -8.33. The highest BCUT2D eigenvalue weighted by atomic mass is 16.5. The average molecular weight is 717 g/mol. The van der Waals surface area contributed by atoms with Crippen LogP contribution in [0.4, 0.5) is 0 Å². The van der Waals surface area contributed by atoms with Crippen LogP contribution in [-0.4, -0.2) is 74.3 Å². The summed E-state index contributed by atoms with van der Waals surface area (Å²) in [6, 6.07) is 9.12. The average Bonchev–Trinajstić information content (AvgIpc) is 3.20. The Bertz CT molecular complexity index is 2370. The van der Waals surface area contributed by atoms with E-state index in [1.807, 2.05) is 0 Å². The lowest BCUT2D eigenvalue weighted by Gasteiger charge is -2.32. The second kappa shape index (κ2) is 12.2. The van der Waals surface area contributed by atoms with Crippen LogP contribution in [0.25, 0.3) is 10.8 Å². The second-order valence-electron chi connectivity index (χ2n) is 12.4. The first kappa shape index (κ1) is 33.7. The van der Waals surface area contributed by atoms with Crippen molar-refractivity contribution in [2.45, 2.75) is 37.3 Å². The highest BCUT2D eigenvalue weighted by molar-refractivity contribution is 6.00. The van der Waals surface area contributed by atoms with E-state index < -0.39 is 81.3 Å². The summed E-state index contributed by atoms with van der Waals surface area (Å²) in [4.78, 5) is 26.7. The SMILES string of the molecule is O=C(Oc1cc(C2Oc3cc(O)cc(O)c3CC2O)c2cc(C3Oc4cc(O)cc(O)c4CC3O)cc(=O)c(O)c2c1O)c1cc(O)c(O)c(O)c1. The molecule has 2 heterocycles. The molecule has 268 valence electrons. The Morgan fingerprint density at radius 2 is 1.15 bits per heavy atom. The number of hydrogen-bond donors (Lipinski definition) is 11. The predicted octanol–water partition coefficient (Wildman–Crippen LogP) is 2.84. The van der Waals surface area contributed by atoms with Crippen molar-refractivity contribution in [1.82, 2.24) is 0 Å². The topological polar surface area (TPSA) is 284 Å². The lowest BCUT2D eigenvalue weighted by atomic mass is 9.90. The molecule has 0 saturated heterocycles. The van der Waals surface area contributed by atoms with Crippen molar-refractivity contribution in [2.24, 2.45) is 0 Å². The number of benzene rings is 4. The zero-order valence-electron chi connectivity index (χ0n) is 26.4. The molecule has 0 amide bonds. The Labute approximate surface area is 290 Å². The van der Waals surface area contributed by atoms with Gasteiger partial charge in [-0.3, -0.25) is 4.79 Å². The van der Waals surface area contributed by atoms with Gasteiger partial charge in [0.15, 0.2) is 40.6 Å². The zero-order valence-corrected chi connectivity index (χ0v) is 26.4. The molecule has 5 aromatic carbocycles. The van der Waals surface area contributed by atoms with Crippen molar-refractivity contribution in [3.05, 3.63) is 92.6 Å². The molecule has 52 heavy (non-hydrogen) atoms. The summed E-state index contributed by atoms with van der Waals surface area (Å²) in [5.41, 5.74) is -1.55. The fourth-order valence-corrected chi connectivity index (χ4v) is 6.46. The van der Waals surface area contributed by atoms with Crippen LogP contribution in [0.3, 0.4) is 0 Å². The van der Waals surface area contributed by atoms with E-state index in [9.17, 15) is 65.8 Å². The molecule has 0 aliphatic carbocycles. The van der Waals surface area contributed by atoms with Crippen LogP contribution < -0.4 is 19.6 Å². The van der Waals surface area contributed by atoms with Gasteiger partial charge in [0, 0.05) is 53.8 Å². The van der Waals surface area contributed by atoms with Gasteiger partial charge >= 0.3 is 5.97 Å². The van der Waals surface area contributed by atoms with E-state index in [1.54, 1.807) is 0 Å². The summed E-state index contributed by atoms with van der Waals surface area (Å²) in [6.45, 7) is 0. The molecule has 4 atom stereocenters. The highest BCUT2D eigenvalue weighted by Gasteiger charge is 2.37. The molecule has 0 fully saturated rings. The van der Waals surface area contributed by atoms with E-state index in [0.29, 0.717) is 0 Å². The van der Waals surface area contributed by atoms with Gasteiger partial charge in [0.2, 0.25) is 5.43 Å². The van der Waals surface area contributed by atoms with Gasteiger partial charge in [0.1, 0.15) is 40.6 Å². The van der Waals surface area contributed by atoms with Gasteiger partial charge in [-0.1, -0.05) is 0 Å². The lowest BCUT2D eigenvalue weighted by Crippen LogP contribution is -2.31. The molecule has 5 aromatic rings. The summed E-state index contributed by atoms with van der Waals surface area (Å²) >= 11 is 0. The minimum Gasteiger partial charge on any atom is -0.508 e. The molecule has 0 spiro atoms. The van der Waals surface area contributed by atoms with Crippen LogP contribution in [0.5, 0.6) is 69.0 Å². The van der Waals surface area contributed by atoms with Crippen LogP contribution in [0.1, 0.15) is 44.8 Å². The van der Waals surface area contributed by atoms with Gasteiger partial charge in [0.05, 0.1) is 23.2 Å². The minimum absolute atomic E-state index is 0.0221. The van der Waals surface area contributed by atoms with Gasteiger partial charge in [-0.2, -0.15) is 0 Å². The quantitative estimate of drug-likeness (QED) is 0.0724. The van der Waals surface area contributed by atoms with Crippen molar-refractivity contribution in [3.63, 3.8) is 0 Å². The van der Waals surface area contributed by atoms with E-state index in [4.69, 9.17) is 14.2 Å². The van der Waals surface area contributed by atoms with E-state index in [-0.39, 0.29) is 75.0 Å². The fourth-order valence-electron chi connectivity index (χ4n) is 6.46. The Hall–Kier alpha value is -6.78. The Morgan fingerprint density at radius 3 is 1.73 bits per heavy atom. The third-order valence-electron chi connectivity index (χ3n) is 8.93. The normalized spacial score (nSPS) is 19.2. The summed E-state index contributed by atoms with van der Waals surface area (Å²) in [7, 11) is 0. The number of hydrogen-bond acceptors (Lipinski definition) is 16. The molecular formula is C36H28O16. The van der Waals surface area contributed by atoms with Gasteiger partial charge < -0.3 is 70.4 Å². The van der Waals surface area contributed by atoms with Crippen molar-refractivity contribution in [1.29, 1.82) is 0 Å². The number of aliphatic hydroxyl groups is 2. The number of phenols is 8. The number of phenolic OH excluding ortho intramolecular Hbond substituents is 8. The molecule has 7 rings (SSSR count). The molecule has 16 heteroatoms. The van der Waals surface area contributed by atoms with Gasteiger partial charge in [-0.05, 0) is 41.3 Å². The van der Waals surface area contributed by atoms with Crippen molar-refractivity contribution in [2.75, 3.05) is 0 Å². The zero-order chi connectivity index (χ0) is 37.3. The van der Waals surface area contributed by atoms with Crippen LogP contribution in [-0.2, 0) is 12.8 Å². The van der Waals surface area contributed by atoms with Gasteiger partial charge in [-0.15, -0.1) is 0 Å². The molecule has 0 radical (unpaired) electrons. The molecule has 0 bridgehead atoms. The van der Waals surface area contributed by atoms with Crippen LogP contribution in [0.15, 0.2) is 59.4 Å². The summed E-state index contributed by atoms with van der Waals surface area (Å²) in [6.07, 6.45) is -6.21. The maximum absolute atomic E-state index is 13.5. The molecule has 4 unspecified atom stereocenters. The van der Waals surface area contributed by atoms with Crippen molar-refractivity contribution >= 4 is 16.7 Å². The number of rotatable bonds is 4. The van der Waals surface area contributed by atoms with E-state index in [0.717, 1.165) is 42.5 Å². The van der Waals surface area contributed by atoms with E-state index in [2.05, 4.69) is 0 Å². The maximum atomic E-state index is 13.5. The standard InChI is InChI=1S/C36H28O16/c37-14-5-20(39)18-9-25(44)34(50-27(18)7-14)12-1-16-17(35-26(45)10-19-21(40)6-15(38)8-28(19)51-35)11-29(33(48)30(16)32(47)24(43)2-12)52-36(49)13-3-22(41)31(46)23(42)4-13/h1-8,11,25-26,34-35,37-42,44-46,48H,9-10H2,(H,43,47). The highest BCUT2D eigenvalue weighted by Crippen LogP contribution is 2.49. The first-order chi connectivity index (χ1) is 24.6. The fraction of sp³-hybridized carbons (Fsp3) is 0.167. The molecule has 2 aliphatic rings. The Kier molecular flexibility index (Phi) is 7.92. The maximum Gasteiger partial charge on any atom is 0.343 e. The van der Waals surface area contributed by atoms with E-state index in [1.165, 1.54) is 12.1 Å². The monoisotopic (exact) mass is 716 g/mol. The number of carbonyl (C=O) groups is 1. The molecular weight excluding hydrogens is 688 g/mol. The lowest BCUT2D eigenvalue weighted by molar-refractivity contribution is 0.0193. The number of ether oxygens (including phenoxy) is 3.